The molecule has 0 fully saturated rings. The molecule has 2 atom stereocenters. The topological polar surface area (TPSA) is 55.8 Å². The van der Waals surface area contributed by atoms with E-state index in [1.54, 1.807) is 0 Å². The van der Waals surface area contributed by atoms with Crippen molar-refractivity contribution in [3.05, 3.63) is 0 Å². The number of alkyl halides is 10. The summed E-state index contributed by atoms with van der Waals surface area (Å²) in [5, 5.41) is 7.98. The third-order valence-electron chi connectivity index (χ3n) is 2.15. The Bertz CT molecular complexity index is 433. The second kappa shape index (κ2) is 6.30. The molecule has 0 aliphatic heterocycles. The van der Waals surface area contributed by atoms with Crippen LogP contribution in [0.15, 0.2) is 0 Å². The minimum Gasteiger partial charge on any atom is -0.477 e. The quantitative estimate of drug-likeness (QED) is 0.697. The van der Waals surface area contributed by atoms with E-state index >= 15 is 0 Å². The van der Waals surface area contributed by atoms with Crippen LogP contribution in [0.4, 0.5) is 43.9 Å². The van der Waals surface area contributed by atoms with Crippen molar-refractivity contribution >= 4 is 5.97 Å². The Morgan fingerprint density at radius 2 is 1.35 bits per heavy atom. The molecule has 0 saturated heterocycles. The second-order valence-electron chi connectivity index (χ2n) is 3.96. The number of ether oxygens (including phenoxy) is 2. The molecule has 0 aromatic rings. The summed E-state index contributed by atoms with van der Waals surface area (Å²) in [6.07, 6.45) is -20.6. The monoisotopic (exact) mass is 370 g/mol. The molecule has 138 valence electrons. The molecule has 0 spiro atoms. The fraction of sp³-hybridized carbons (Fsp3) is 0.889. The van der Waals surface area contributed by atoms with Crippen LogP contribution in [-0.4, -0.2) is 47.9 Å². The molecule has 0 amide bonds. The van der Waals surface area contributed by atoms with Crippen LogP contribution in [0.2, 0.25) is 0 Å². The van der Waals surface area contributed by atoms with E-state index in [-0.39, 0.29) is 0 Å². The first-order valence-corrected chi connectivity index (χ1v) is 5.43. The van der Waals surface area contributed by atoms with E-state index in [2.05, 4.69) is 9.47 Å². The van der Waals surface area contributed by atoms with Crippen molar-refractivity contribution in [2.45, 2.75) is 43.5 Å². The minimum atomic E-state index is -6.74. The molecule has 0 radical (unpaired) electrons. The lowest BCUT2D eigenvalue weighted by molar-refractivity contribution is -0.497. The van der Waals surface area contributed by atoms with Crippen molar-refractivity contribution in [1.82, 2.24) is 0 Å². The number of carboxylic acid groups (broad SMARTS) is 1. The zero-order valence-electron chi connectivity index (χ0n) is 10.9. The smallest absolute Gasteiger partial charge is 0.460 e. The number of hydrogen-bond acceptors (Lipinski definition) is 3. The van der Waals surface area contributed by atoms with Crippen molar-refractivity contribution in [1.29, 1.82) is 0 Å². The van der Waals surface area contributed by atoms with Crippen LogP contribution in [0.3, 0.4) is 0 Å². The molecule has 4 nitrogen and oxygen atoms in total. The first-order valence-electron chi connectivity index (χ1n) is 5.43. The molecule has 1 N–H and O–H groups in total. The van der Waals surface area contributed by atoms with E-state index in [1.165, 1.54) is 0 Å². The molecule has 0 aromatic carbocycles. The van der Waals surface area contributed by atoms with E-state index < -0.39 is 49.2 Å². The third kappa shape index (κ3) is 3.97. The van der Waals surface area contributed by atoms with E-state index in [0.29, 0.717) is 0 Å². The second-order valence-corrected chi connectivity index (χ2v) is 3.96. The fourth-order valence-electron chi connectivity index (χ4n) is 1.04. The van der Waals surface area contributed by atoms with Gasteiger partial charge in [-0.3, -0.25) is 4.74 Å². The molecule has 0 rings (SSSR count). The maximum absolute atomic E-state index is 13.5. The number of carboxylic acids is 1. The highest BCUT2D eigenvalue weighted by atomic mass is 19.4. The van der Waals surface area contributed by atoms with Gasteiger partial charge in [-0.15, -0.1) is 0 Å². The van der Waals surface area contributed by atoms with Crippen LogP contribution in [0, 0.1) is 0 Å². The Balaban J connectivity index is 5.94. The normalized spacial score (nSPS) is 19.1. The molecular weight excluding hydrogens is 362 g/mol. The van der Waals surface area contributed by atoms with Crippen LogP contribution in [-0.2, 0) is 14.3 Å². The third-order valence-corrected chi connectivity index (χ3v) is 2.15. The van der Waals surface area contributed by atoms with Crippen molar-refractivity contribution in [2.75, 3.05) is 6.61 Å². The number of hydrogen-bond donors (Lipinski definition) is 1. The Morgan fingerprint density at radius 3 is 1.61 bits per heavy atom. The Morgan fingerprint density at radius 1 is 0.913 bits per heavy atom. The summed E-state index contributed by atoms with van der Waals surface area (Å²) in [6.45, 7) is -0.338. The summed E-state index contributed by atoms with van der Waals surface area (Å²) < 4.78 is 132. The molecule has 0 saturated carbocycles. The first kappa shape index (κ1) is 21.7. The van der Waals surface area contributed by atoms with Gasteiger partial charge in [0.1, 0.15) is 0 Å². The van der Waals surface area contributed by atoms with Gasteiger partial charge in [0.25, 0.3) is 0 Å². The van der Waals surface area contributed by atoms with E-state index in [1.807, 2.05) is 0 Å². The van der Waals surface area contributed by atoms with Crippen LogP contribution >= 0.6 is 0 Å². The van der Waals surface area contributed by atoms with E-state index in [4.69, 9.17) is 5.11 Å². The molecule has 14 heteroatoms. The number of rotatable bonds is 7. The van der Waals surface area contributed by atoms with Crippen molar-refractivity contribution in [2.24, 2.45) is 0 Å². The molecule has 0 aromatic heterocycles. The maximum atomic E-state index is 13.5. The van der Waals surface area contributed by atoms with Gasteiger partial charge in [0.05, 0.1) is 6.61 Å². The summed E-state index contributed by atoms with van der Waals surface area (Å²) >= 11 is 0. The van der Waals surface area contributed by atoms with Crippen molar-refractivity contribution in [3.63, 3.8) is 0 Å². The Hall–Kier alpha value is -1.31. The van der Waals surface area contributed by atoms with Gasteiger partial charge >= 0.3 is 36.1 Å². The predicted octanol–water partition coefficient (Wildman–Crippen LogP) is 3.56. The highest BCUT2D eigenvalue weighted by Gasteiger charge is 2.79. The Labute approximate surface area is 120 Å². The van der Waals surface area contributed by atoms with Crippen LogP contribution in [0.25, 0.3) is 0 Å². The lowest BCUT2D eigenvalue weighted by Crippen LogP contribution is -2.64. The van der Waals surface area contributed by atoms with Crippen molar-refractivity contribution < 1.29 is 63.3 Å². The van der Waals surface area contributed by atoms with Gasteiger partial charge < -0.3 is 9.84 Å². The van der Waals surface area contributed by atoms with Gasteiger partial charge in [0.2, 0.25) is 0 Å². The zero-order chi connectivity index (χ0) is 18.9. The molecule has 23 heavy (non-hydrogen) atoms. The van der Waals surface area contributed by atoms with E-state index in [0.717, 1.165) is 6.92 Å². The van der Waals surface area contributed by atoms with Gasteiger partial charge in [-0.1, -0.05) is 6.92 Å². The average Bonchev–Trinajstić information content (AvgIpc) is 2.31. The number of halogens is 10. The largest absolute Gasteiger partial charge is 0.477 e. The van der Waals surface area contributed by atoms with Gasteiger partial charge in [-0.05, 0) is 6.42 Å². The van der Waals surface area contributed by atoms with Crippen LogP contribution < -0.4 is 0 Å². The highest BCUT2D eigenvalue weighted by molar-refractivity contribution is 5.76. The first-order chi connectivity index (χ1) is 9.96. The van der Waals surface area contributed by atoms with Gasteiger partial charge in [-0.2, -0.15) is 43.9 Å². The summed E-state index contributed by atoms with van der Waals surface area (Å²) in [4.78, 5) is 10.1. The van der Waals surface area contributed by atoms with E-state index in [9.17, 15) is 48.7 Å². The summed E-state index contributed by atoms with van der Waals surface area (Å²) in [7, 11) is 0. The molecule has 0 aliphatic rings. The maximum Gasteiger partial charge on any atom is 0.460 e. The highest BCUT2D eigenvalue weighted by Crippen LogP contribution is 2.50. The van der Waals surface area contributed by atoms with Gasteiger partial charge in [0, 0.05) is 0 Å². The molecule has 0 aliphatic carbocycles. The van der Waals surface area contributed by atoms with Crippen LogP contribution in [0.1, 0.15) is 13.3 Å². The molecule has 0 heterocycles. The standard InChI is InChI=1S/C9H8F10O4/c1-2-3-22-6(11,8(15,16)17)9(18,19)23-5(10,4(20)21)7(12,13)14/h2-3H2,1H3,(H,20,21). The Kier molecular flexibility index (Phi) is 5.94. The lowest BCUT2D eigenvalue weighted by atomic mass is 10.2. The van der Waals surface area contributed by atoms with Crippen molar-refractivity contribution in [3.8, 4) is 0 Å². The molecule has 0 bridgehead atoms. The van der Waals surface area contributed by atoms with Crippen LogP contribution in [0.5, 0.6) is 0 Å². The summed E-state index contributed by atoms with van der Waals surface area (Å²) in [6, 6.07) is 0. The minimum absolute atomic E-state index is 0.489. The number of carbonyl (C=O) groups is 1. The number of aliphatic carboxylic acids is 1. The fourth-order valence-corrected chi connectivity index (χ4v) is 1.04. The predicted molar refractivity (Wildman–Crippen MR) is 49.7 cm³/mol. The molecular formula is C9H8F10O4. The van der Waals surface area contributed by atoms with Gasteiger partial charge in [-0.25, -0.2) is 4.79 Å². The molecule has 2 unspecified atom stereocenters. The lowest BCUT2D eigenvalue weighted by Gasteiger charge is -2.36. The average molecular weight is 370 g/mol. The zero-order valence-corrected chi connectivity index (χ0v) is 10.9. The van der Waals surface area contributed by atoms with Gasteiger partial charge in [0.15, 0.2) is 0 Å². The summed E-state index contributed by atoms with van der Waals surface area (Å²) in [5.74, 6) is -16.3. The SMILES string of the molecule is CCCOC(F)(C(F)(F)F)C(F)(F)OC(F)(C(=O)O)C(F)(F)F. The summed E-state index contributed by atoms with van der Waals surface area (Å²) in [5.41, 5.74) is 0.